The van der Waals surface area contributed by atoms with Gasteiger partial charge in [-0.25, -0.2) is 0 Å². The third-order valence-corrected chi connectivity index (χ3v) is 4.05. The summed E-state index contributed by atoms with van der Waals surface area (Å²) in [6.07, 6.45) is 3.52. The molecule has 0 aromatic heterocycles. The maximum atomic E-state index is 11.0. The molecule has 112 valence electrons. The minimum atomic E-state index is -0.370. The van der Waals surface area contributed by atoms with Crippen molar-refractivity contribution < 1.29 is 9.66 Å². The summed E-state index contributed by atoms with van der Waals surface area (Å²) in [5, 5.41) is 14.5. The van der Waals surface area contributed by atoms with Crippen LogP contribution in [0, 0.1) is 16.0 Å². The van der Waals surface area contributed by atoms with Gasteiger partial charge in [-0.2, -0.15) is 0 Å². The summed E-state index contributed by atoms with van der Waals surface area (Å²) in [6, 6.07) is 0.998. The molecule has 1 N–H and O–H groups in total. The maximum Gasteiger partial charge on any atom is 0.306 e. The van der Waals surface area contributed by atoms with Gasteiger partial charge in [0.05, 0.1) is 12.0 Å². The lowest BCUT2D eigenvalue weighted by molar-refractivity contribution is -0.423. The Labute approximate surface area is 119 Å². The van der Waals surface area contributed by atoms with Gasteiger partial charge in [0.2, 0.25) is 0 Å². The molecule has 0 spiro atoms. The SMILES string of the molecule is COC1=C([N+](=O)[O-])C=CC(N2CC(C)NC(C)C2)C1C. The Morgan fingerprint density at radius 1 is 1.35 bits per heavy atom. The summed E-state index contributed by atoms with van der Waals surface area (Å²) < 4.78 is 5.30. The van der Waals surface area contributed by atoms with E-state index in [0.29, 0.717) is 17.8 Å². The number of allylic oxidation sites excluding steroid dienone is 1. The molecule has 4 atom stereocenters. The van der Waals surface area contributed by atoms with Gasteiger partial charge >= 0.3 is 5.70 Å². The van der Waals surface area contributed by atoms with Crippen LogP contribution in [0.15, 0.2) is 23.6 Å². The van der Waals surface area contributed by atoms with E-state index in [1.54, 1.807) is 6.08 Å². The molecular formula is C14H23N3O3. The summed E-state index contributed by atoms with van der Waals surface area (Å²) in [5.41, 5.74) is 0.0764. The number of methoxy groups -OCH3 is 1. The molecule has 0 bridgehead atoms. The molecule has 1 aliphatic carbocycles. The fourth-order valence-electron chi connectivity index (χ4n) is 3.32. The van der Waals surface area contributed by atoms with E-state index in [4.69, 9.17) is 4.74 Å². The minimum Gasteiger partial charge on any atom is -0.494 e. The van der Waals surface area contributed by atoms with Gasteiger partial charge in [0.1, 0.15) is 0 Å². The average Bonchev–Trinajstić information content (AvgIpc) is 2.36. The quantitative estimate of drug-likeness (QED) is 0.625. The molecule has 6 heteroatoms. The fourth-order valence-corrected chi connectivity index (χ4v) is 3.32. The van der Waals surface area contributed by atoms with E-state index in [-0.39, 0.29) is 22.6 Å². The molecule has 0 saturated carbocycles. The fraction of sp³-hybridized carbons (Fsp3) is 0.714. The number of rotatable bonds is 3. The van der Waals surface area contributed by atoms with E-state index in [0.717, 1.165) is 13.1 Å². The Morgan fingerprint density at radius 2 is 1.95 bits per heavy atom. The van der Waals surface area contributed by atoms with Crippen molar-refractivity contribution in [3.63, 3.8) is 0 Å². The van der Waals surface area contributed by atoms with Crippen molar-refractivity contribution in [2.24, 2.45) is 5.92 Å². The van der Waals surface area contributed by atoms with E-state index in [1.165, 1.54) is 7.11 Å². The lowest BCUT2D eigenvalue weighted by Crippen LogP contribution is -2.58. The van der Waals surface area contributed by atoms with E-state index in [1.807, 2.05) is 13.0 Å². The molecule has 0 aromatic carbocycles. The molecule has 0 radical (unpaired) electrons. The predicted molar refractivity (Wildman–Crippen MR) is 76.8 cm³/mol. The zero-order chi connectivity index (χ0) is 14.9. The molecule has 2 aliphatic rings. The molecule has 1 aliphatic heterocycles. The Hall–Kier alpha value is -1.40. The normalized spacial score (nSPS) is 35.2. The van der Waals surface area contributed by atoms with Crippen molar-refractivity contribution in [2.45, 2.75) is 38.9 Å². The van der Waals surface area contributed by atoms with Crippen LogP contribution in [0.1, 0.15) is 20.8 Å². The first-order chi connectivity index (χ1) is 9.43. The van der Waals surface area contributed by atoms with Gasteiger partial charge < -0.3 is 10.1 Å². The van der Waals surface area contributed by atoms with Crippen LogP contribution in [-0.4, -0.2) is 48.1 Å². The van der Waals surface area contributed by atoms with Gasteiger partial charge in [0, 0.05) is 43.2 Å². The van der Waals surface area contributed by atoms with E-state index in [2.05, 4.69) is 24.1 Å². The molecule has 4 unspecified atom stereocenters. The summed E-state index contributed by atoms with van der Waals surface area (Å²) in [4.78, 5) is 13.1. The van der Waals surface area contributed by atoms with Crippen molar-refractivity contribution in [1.82, 2.24) is 10.2 Å². The number of piperazine rings is 1. The summed E-state index contributed by atoms with van der Waals surface area (Å²) >= 11 is 0. The topological polar surface area (TPSA) is 67.6 Å². The average molecular weight is 281 g/mol. The Balaban J connectivity index is 2.20. The zero-order valence-corrected chi connectivity index (χ0v) is 12.5. The van der Waals surface area contributed by atoms with E-state index in [9.17, 15) is 10.1 Å². The van der Waals surface area contributed by atoms with Crippen LogP contribution in [-0.2, 0) is 4.74 Å². The zero-order valence-electron chi connectivity index (χ0n) is 12.5. The van der Waals surface area contributed by atoms with Crippen LogP contribution >= 0.6 is 0 Å². The molecule has 1 heterocycles. The van der Waals surface area contributed by atoms with Crippen LogP contribution in [0.4, 0.5) is 0 Å². The standard InChI is InChI=1S/C14H23N3O3/c1-9-7-16(8-10(2)15-9)12-5-6-13(17(18)19)14(20-4)11(12)3/h5-6,9-12,15H,7-8H2,1-4H3. The van der Waals surface area contributed by atoms with Crippen molar-refractivity contribution in [3.8, 4) is 0 Å². The maximum absolute atomic E-state index is 11.0. The van der Waals surface area contributed by atoms with E-state index >= 15 is 0 Å². The number of nitro groups is 1. The minimum absolute atomic E-state index is 0.0112. The van der Waals surface area contributed by atoms with Crippen LogP contribution in [0.25, 0.3) is 0 Å². The lowest BCUT2D eigenvalue weighted by Gasteiger charge is -2.42. The molecule has 20 heavy (non-hydrogen) atoms. The molecule has 1 saturated heterocycles. The van der Waals surface area contributed by atoms with Crippen molar-refractivity contribution >= 4 is 0 Å². The second-order valence-electron chi connectivity index (χ2n) is 5.77. The highest BCUT2D eigenvalue weighted by Crippen LogP contribution is 2.30. The second kappa shape index (κ2) is 5.93. The third-order valence-electron chi connectivity index (χ3n) is 4.05. The highest BCUT2D eigenvalue weighted by molar-refractivity contribution is 5.26. The first-order valence-electron chi connectivity index (χ1n) is 7.05. The summed E-state index contributed by atoms with van der Waals surface area (Å²) in [6.45, 7) is 8.20. The van der Waals surface area contributed by atoms with Gasteiger partial charge in [0.15, 0.2) is 5.76 Å². The van der Waals surface area contributed by atoms with Gasteiger partial charge in [-0.3, -0.25) is 15.0 Å². The largest absolute Gasteiger partial charge is 0.494 e. The van der Waals surface area contributed by atoms with Crippen LogP contribution in [0.2, 0.25) is 0 Å². The Bertz CT molecular complexity index is 437. The lowest BCUT2D eigenvalue weighted by atomic mass is 9.90. The van der Waals surface area contributed by atoms with Crippen molar-refractivity contribution in [2.75, 3.05) is 20.2 Å². The first-order valence-corrected chi connectivity index (χ1v) is 7.05. The molecule has 6 nitrogen and oxygen atoms in total. The summed E-state index contributed by atoms with van der Waals surface area (Å²) in [5.74, 6) is 0.462. The predicted octanol–water partition coefficient (Wildman–Crippen LogP) is 1.38. The van der Waals surface area contributed by atoms with Gasteiger partial charge in [-0.05, 0) is 13.8 Å². The second-order valence-corrected chi connectivity index (χ2v) is 5.77. The molecular weight excluding hydrogens is 258 g/mol. The summed E-state index contributed by atoms with van der Waals surface area (Å²) in [7, 11) is 1.51. The first kappa shape index (κ1) is 15.0. The number of ether oxygens (including phenoxy) is 1. The molecule has 2 rings (SSSR count). The van der Waals surface area contributed by atoms with Crippen molar-refractivity contribution in [3.05, 3.63) is 33.7 Å². The Morgan fingerprint density at radius 3 is 2.45 bits per heavy atom. The highest BCUT2D eigenvalue weighted by atomic mass is 16.6. The van der Waals surface area contributed by atoms with Gasteiger partial charge in [0.25, 0.3) is 0 Å². The molecule has 0 amide bonds. The smallest absolute Gasteiger partial charge is 0.306 e. The van der Waals surface area contributed by atoms with Gasteiger partial charge in [-0.15, -0.1) is 0 Å². The monoisotopic (exact) mass is 281 g/mol. The molecule has 1 fully saturated rings. The van der Waals surface area contributed by atoms with E-state index < -0.39 is 0 Å². The van der Waals surface area contributed by atoms with Crippen LogP contribution in [0.3, 0.4) is 0 Å². The van der Waals surface area contributed by atoms with Crippen LogP contribution < -0.4 is 5.32 Å². The number of nitrogens with one attached hydrogen (secondary N) is 1. The van der Waals surface area contributed by atoms with Gasteiger partial charge in [-0.1, -0.05) is 13.0 Å². The van der Waals surface area contributed by atoms with Crippen molar-refractivity contribution in [1.29, 1.82) is 0 Å². The number of hydrogen-bond donors (Lipinski definition) is 1. The molecule has 0 aromatic rings. The van der Waals surface area contributed by atoms with Crippen LogP contribution in [0.5, 0.6) is 0 Å². The Kier molecular flexibility index (Phi) is 4.45. The number of hydrogen-bond acceptors (Lipinski definition) is 5. The third kappa shape index (κ3) is 2.86. The number of nitrogens with zero attached hydrogens (tertiary/aromatic N) is 2. The highest BCUT2D eigenvalue weighted by Gasteiger charge is 2.36.